The highest BCUT2D eigenvalue weighted by Crippen LogP contribution is 2.27. The van der Waals surface area contributed by atoms with E-state index in [1.165, 1.54) is 4.88 Å². The van der Waals surface area contributed by atoms with Crippen molar-refractivity contribution in [3.05, 3.63) is 34.4 Å². The quantitative estimate of drug-likeness (QED) is 0.859. The van der Waals surface area contributed by atoms with E-state index in [0.717, 1.165) is 22.7 Å². The Bertz CT molecular complexity index is 436. The summed E-state index contributed by atoms with van der Waals surface area (Å²) in [7, 11) is 0. The lowest BCUT2D eigenvalue weighted by molar-refractivity contribution is 0.985. The first-order valence-corrected chi connectivity index (χ1v) is 5.69. The highest BCUT2D eigenvalue weighted by atomic mass is 32.1. The normalized spacial score (nSPS) is 10.5. The summed E-state index contributed by atoms with van der Waals surface area (Å²) in [6.07, 6.45) is 4.47. The number of nitrogens with zero attached hydrogens (tertiary/aromatic N) is 2. The number of thiazole rings is 1. The summed E-state index contributed by atoms with van der Waals surface area (Å²) in [5, 5.41) is 1.09. The van der Waals surface area contributed by atoms with E-state index in [9.17, 15) is 0 Å². The van der Waals surface area contributed by atoms with E-state index in [0.29, 0.717) is 6.54 Å². The summed E-state index contributed by atoms with van der Waals surface area (Å²) in [5.74, 6) is 0. The zero-order chi connectivity index (χ0) is 10.7. The highest BCUT2D eigenvalue weighted by molar-refractivity contribution is 7.12. The predicted octanol–water partition coefficient (Wildman–Crippen LogP) is 2.01. The molecule has 0 aliphatic heterocycles. The molecule has 15 heavy (non-hydrogen) atoms. The van der Waals surface area contributed by atoms with E-state index in [1.807, 2.05) is 19.1 Å². The fourth-order valence-corrected chi connectivity index (χ4v) is 2.48. The molecule has 0 saturated heterocycles. The molecule has 0 aromatic carbocycles. The lowest BCUT2D eigenvalue weighted by Gasteiger charge is -1.99. The van der Waals surface area contributed by atoms with Crippen LogP contribution < -0.4 is 5.73 Å². The van der Waals surface area contributed by atoms with Gasteiger partial charge in [0.2, 0.25) is 0 Å². The molecule has 2 N–H and O–H groups in total. The summed E-state index contributed by atoms with van der Waals surface area (Å²) in [4.78, 5) is 9.80. The lowest BCUT2D eigenvalue weighted by atomic mass is 10.1. The van der Waals surface area contributed by atoms with E-state index < -0.39 is 0 Å². The molecule has 0 aliphatic rings. The maximum Gasteiger partial charge on any atom is 0.0904 e. The molecular formula is C11H13N3S. The third-order valence-electron chi connectivity index (χ3n) is 2.13. The average Bonchev–Trinajstić information content (AvgIpc) is 2.62. The molecule has 0 bridgehead atoms. The van der Waals surface area contributed by atoms with E-state index in [4.69, 9.17) is 5.73 Å². The minimum Gasteiger partial charge on any atom is -0.330 e. The summed E-state index contributed by atoms with van der Waals surface area (Å²) < 4.78 is 0. The highest BCUT2D eigenvalue weighted by Gasteiger charge is 2.09. The second-order valence-corrected chi connectivity index (χ2v) is 4.57. The van der Waals surface area contributed by atoms with Gasteiger partial charge in [0.05, 0.1) is 10.7 Å². The Hall–Kier alpha value is -1.26. The Kier molecular flexibility index (Phi) is 3.08. The lowest BCUT2D eigenvalue weighted by Crippen LogP contribution is -2.02. The van der Waals surface area contributed by atoms with Gasteiger partial charge in [0.15, 0.2) is 0 Å². The molecule has 2 aromatic rings. The third-order valence-corrected chi connectivity index (χ3v) is 3.16. The van der Waals surface area contributed by atoms with Crippen molar-refractivity contribution in [2.45, 2.75) is 13.3 Å². The standard InChI is InChI=1S/C11H13N3S/c1-8-14-11(10(15-8)2-5-12)9-3-6-13-7-4-9/h3-4,6-7H,2,5,12H2,1H3. The first-order chi connectivity index (χ1) is 7.31. The van der Waals surface area contributed by atoms with Crippen LogP contribution in [-0.2, 0) is 6.42 Å². The largest absolute Gasteiger partial charge is 0.330 e. The molecule has 0 fully saturated rings. The van der Waals surface area contributed by atoms with Gasteiger partial charge in [0.1, 0.15) is 0 Å². The van der Waals surface area contributed by atoms with Crippen molar-refractivity contribution in [3.8, 4) is 11.3 Å². The second-order valence-electron chi connectivity index (χ2n) is 3.28. The van der Waals surface area contributed by atoms with E-state index in [1.54, 1.807) is 23.7 Å². The molecule has 3 nitrogen and oxygen atoms in total. The topological polar surface area (TPSA) is 51.8 Å². The van der Waals surface area contributed by atoms with Crippen molar-refractivity contribution >= 4 is 11.3 Å². The minimum atomic E-state index is 0.666. The van der Waals surface area contributed by atoms with E-state index >= 15 is 0 Å². The Balaban J connectivity index is 2.43. The molecule has 0 atom stereocenters. The van der Waals surface area contributed by atoms with Gasteiger partial charge in [-0.05, 0) is 32.0 Å². The molecule has 0 spiro atoms. The number of aryl methyl sites for hydroxylation is 1. The smallest absolute Gasteiger partial charge is 0.0904 e. The van der Waals surface area contributed by atoms with Gasteiger partial charge in [-0.25, -0.2) is 4.98 Å². The Morgan fingerprint density at radius 2 is 2.07 bits per heavy atom. The molecule has 0 aliphatic carbocycles. The van der Waals surface area contributed by atoms with Gasteiger partial charge in [-0.2, -0.15) is 0 Å². The molecule has 2 rings (SSSR count). The van der Waals surface area contributed by atoms with Crippen LogP contribution in [0.1, 0.15) is 9.88 Å². The van der Waals surface area contributed by atoms with E-state index in [2.05, 4.69) is 9.97 Å². The average molecular weight is 219 g/mol. The number of rotatable bonds is 3. The number of nitrogens with two attached hydrogens (primary N) is 1. The summed E-state index contributed by atoms with van der Waals surface area (Å²) in [5.41, 5.74) is 7.77. The second kappa shape index (κ2) is 4.51. The molecule has 78 valence electrons. The Morgan fingerprint density at radius 3 is 2.73 bits per heavy atom. The van der Waals surface area contributed by atoms with Crippen LogP contribution in [0.25, 0.3) is 11.3 Å². The van der Waals surface area contributed by atoms with Gasteiger partial charge in [0.25, 0.3) is 0 Å². The van der Waals surface area contributed by atoms with Crippen LogP contribution in [0.3, 0.4) is 0 Å². The Morgan fingerprint density at radius 1 is 1.33 bits per heavy atom. The number of pyridine rings is 1. The molecule has 4 heteroatoms. The number of hydrogen-bond acceptors (Lipinski definition) is 4. The molecule has 2 heterocycles. The van der Waals surface area contributed by atoms with Gasteiger partial charge in [-0.3, -0.25) is 4.98 Å². The van der Waals surface area contributed by atoms with Crippen molar-refractivity contribution in [2.75, 3.05) is 6.54 Å². The SMILES string of the molecule is Cc1nc(-c2ccncc2)c(CCN)s1. The third kappa shape index (κ3) is 2.22. The van der Waals surface area contributed by atoms with Crippen LogP contribution in [0.2, 0.25) is 0 Å². The van der Waals surface area contributed by atoms with Gasteiger partial charge in [-0.15, -0.1) is 11.3 Å². The molecule has 0 saturated carbocycles. The van der Waals surface area contributed by atoms with Crippen molar-refractivity contribution in [1.82, 2.24) is 9.97 Å². The fraction of sp³-hybridized carbons (Fsp3) is 0.273. The van der Waals surface area contributed by atoms with Crippen LogP contribution >= 0.6 is 11.3 Å². The van der Waals surface area contributed by atoms with Crippen LogP contribution in [0.15, 0.2) is 24.5 Å². The van der Waals surface area contributed by atoms with Crippen LogP contribution in [0.5, 0.6) is 0 Å². The first-order valence-electron chi connectivity index (χ1n) is 4.88. The maximum atomic E-state index is 5.58. The fourth-order valence-electron chi connectivity index (χ4n) is 1.51. The predicted molar refractivity (Wildman–Crippen MR) is 62.8 cm³/mol. The number of aromatic nitrogens is 2. The molecular weight excluding hydrogens is 206 g/mol. The minimum absolute atomic E-state index is 0.666. The first kappa shape index (κ1) is 10.3. The summed E-state index contributed by atoms with van der Waals surface area (Å²) in [6, 6.07) is 3.96. The van der Waals surface area contributed by atoms with Gasteiger partial charge in [0, 0.05) is 22.8 Å². The van der Waals surface area contributed by atoms with Crippen molar-refractivity contribution in [1.29, 1.82) is 0 Å². The monoisotopic (exact) mass is 219 g/mol. The van der Waals surface area contributed by atoms with Crippen molar-refractivity contribution < 1.29 is 0 Å². The molecule has 2 aromatic heterocycles. The van der Waals surface area contributed by atoms with Crippen LogP contribution in [0, 0.1) is 6.92 Å². The van der Waals surface area contributed by atoms with Crippen LogP contribution in [0.4, 0.5) is 0 Å². The van der Waals surface area contributed by atoms with Crippen LogP contribution in [-0.4, -0.2) is 16.5 Å². The molecule has 0 amide bonds. The number of hydrogen-bond donors (Lipinski definition) is 1. The Labute approximate surface area is 93.0 Å². The zero-order valence-electron chi connectivity index (χ0n) is 8.60. The summed E-state index contributed by atoms with van der Waals surface area (Å²) >= 11 is 1.72. The van der Waals surface area contributed by atoms with Gasteiger partial charge < -0.3 is 5.73 Å². The maximum absolute atomic E-state index is 5.58. The zero-order valence-corrected chi connectivity index (χ0v) is 9.42. The van der Waals surface area contributed by atoms with E-state index in [-0.39, 0.29) is 0 Å². The van der Waals surface area contributed by atoms with Gasteiger partial charge >= 0.3 is 0 Å². The van der Waals surface area contributed by atoms with Gasteiger partial charge in [-0.1, -0.05) is 0 Å². The van der Waals surface area contributed by atoms with Crippen molar-refractivity contribution in [2.24, 2.45) is 5.73 Å². The van der Waals surface area contributed by atoms with Crippen molar-refractivity contribution in [3.63, 3.8) is 0 Å². The summed E-state index contributed by atoms with van der Waals surface area (Å²) in [6.45, 7) is 2.69. The molecule has 0 radical (unpaired) electrons. The molecule has 0 unspecified atom stereocenters.